The number of rotatable bonds is 22. The van der Waals surface area contributed by atoms with Crippen LogP contribution < -0.4 is 25.0 Å². The second-order valence-electron chi connectivity index (χ2n) is 14.3. The number of imide groups is 1. The molecule has 1 aromatic heterocycles. The first kappa shape index (κ1) is 47.8. The summed E-state index contributed by atoms with van der Waals surface area (Å²) in [5.74, 6) is -2.08. The molecule has 0 radical (unpaired) electrons. The standard InChI is InChI=1S/C47H46ClFN2O14/c1-4-62-40-26-42-34(24-33(40)29-7-5-9-32(44(29)49)47(57)58-3)38(53)25-41(65-42)31-12-11-28(23-36(31)48)63-21-19-60-17-15-59-16-18-61-20-22-64-39-10-6-8-30(35(39)27-52)46(56)51(2)37-13-14-43(54)50-45(37)55/h5-12,23-27,37H,4,13-22H2,1-3H3,(H,50,54,55). The van der Waals surface area contributed by atoms with Gasteiger partial charge in [0.15, 0.2) is 11.7 Å². The zero-order valence-electron chi connectivity index (χ0n) is 35.8. The van der Waals surface area contributed by atoms with Gasteiger partial charge >= 0.3 is 5.97 Å². The number of carbonyl (C=O) groups is 5. The molecule has 1 unspecified atom stereocenters. The van der Waals surface area contributed by atoms with Gasteiger partial charge in [0, 0.05) is 42.3 Å². The number of nitrogens with zero attached hydrogens (tertiary/aromatic N) is 1. The Morgan fingerprint density at radius 2 is 1.49 bits per heavy atom. The quantitative estimate of drug-likeness (QED) is 0.0352. The van der Waals surface area contributed by atoms with Crippen LogP contribution in [-0.2, 0) is 28.5 Å². The maximum atomic E-state index is 15.5. The molecule has 16 nitrogen and oxygen atoms in total. The summed E-state index contributed by atoms with van der Waals surface area (Å²) in [4.78, 5) is 75.6. The fraction of sp³-hybridized carbons (Fsp3) is 0.319. The summed E-state index contributed by atoms with van der Waals surface area (Å²) < 4.78 is 60.3. The lowest BCUT2D eigenvalue weighted by Crippen LogP contribution is -2.53. The van der Waals surface area contributed by atoms with E-state index in [1.54, 1.807) is 37.3 Å². The maximum absolute atomic E-state index is 15.5. The molecule has 1 saturated heterocycles. The SMILES string of the molecule is CCOc1cc2oc(-c3ccc(OCCOCCOCCOCCOc4cccc(C(=O)N(C)C5CCC(=O)NC5=O)c4C=O)cc3Cl)cc(=O)c2cc1-c1cccc(C(=O)OC)c1F. The van der Waals surface area contributed by atoms with E-state index in [1.165, 1.54) is 54.4 Å². The van der Waals surface area contributed by atoms with Crippen molar-refractivity contribution < 1.29 is 65.9 Å². The van der Waals surface area contributed by atoms with Crippen molar-refractivity contribution in [3.8, 4) is 39.7 Å². The Labute approximate surface area is 377 Å². The van der Waals surface area contributed by atoms with Crippen LogP contribution in [0.2, 0.25) is 5.02 Å². The monoisotopic (exact) mass is 916 g/mol. The molecule has 1 aliphatic rings. The maximum Gasteiger partial charge on any atom is 0.340 e. The molecule has 1 N–H and O–H groups in total. The van der Waals surface area contributed by atoms with Crippen molar-refractivity contribution in [2.24, 2.45) is 0 Å². The third-order valence-electron chi connectivity index (χ3n) is 10.2. The molecule has 18 heteroatoms. The molecule has 3 amide bonds. The number of amides is 3. The van der Waals surface area contributed by atoms with Crippen molar-refractivity contribution >= 4 is 52.5 Å². The Bertz CT molecular complexity index is 2620. The first-order valence-corrected chi connectivity index (χ1v) is 20.9. The number of esters is 1. The normalized spacial score (nSPS) is 13.6. The number of piperidine rings is 1. The van der Waals surface area contributed by atoms with Gasteiger partial charge in [-0.05, 0) is 55.8 Å². The molecule has 342 valence electrons. The van der Waals surface area contributed by atoms with Gasteiger partial charge in [-0.3, -0.25) is 29.3 Å². The molecule has 4 aromatic carbocycles. The van der Waals surface area contributed by atoms with Crippen molar-refractivity contribution in [1.82, 2.24) is 10.2 Å². The number of carbonyl (C=O) groups excluding carboxylic acids is 5. The molecule has 0 aliphatic carbocycles. The van der Waals surface area contributed by atoms with Crippen LogP contribution in [0.5, 0.6) is 17.2 Å². The number of methoxy groups -OCH3 is 1. The highest BCUT2D eigenvalue weighted by atomic mass is 35.5. The summed E-state index contributed by atoms with van der Waals surface area (Å²) in [6.45, 7) is 3.92. The van der Waals surface area contributed by atoms with Crippen LogP contribution in [0.3, 0.4) is 0 Å². The van der Waals surface area contributed by atoms with Crippen molar-refractivity contribution in [3.05, 3.63) is 111 Å². The molecule has 1 aliphatic heterocycles. The van der Waals surface area contributed by atoms with E-state index >= 15 is 4.39 Å². The lowest BCUT2D eigenvalue weighted by atomic mass is 9.99. The van der Waals surface area contributed by atoms with Crippen LogP contribution in [0.4, 0.5) is 4.39 Å². The Kier molecular flexibility index (Phi) is 16.8. The largest absolute Gasteiger partial charge is 0.493 e. The summed E-state index contributed by atoms with van der Waals surface area (Å²) in [5.41, 5.74) is 0.381. The van der Waals surface area contributed by atoms with Gasteiger partial charge < -0.3 is 42.5 Å². The van der Waals surface area contributed by atoms with Crippen LogP contribution in [-0.4, -0.2) is 115 Å². The van der Waals surface area contributed by atoms with Gasteiger partial charge in [-0.2, -0.15) is 0 Å². The molecular weight excluding hydrogens is 871 g/mol. The van der Waals surface area contributed by atoms with Gasteiger partial charge in [-0.25, -0.2) is 9.18 Å². The minimum absolute atomic E-state index is 0.0407. The molecule has 6 rings (SSSR count). The van der Waals surface area contributed by atoms with E-state index in [2.05, 4.69) is 5.32 Å². The fourth-order valence-corrected chi connectivity index (χ4v) is 7.19. The lowest BCUT2D eigenvalue weighted by Gasteiger charge is -2.30. The van der Waals surface area contributed by atoms with Crippen molar-refractivity contribution in [3.63, 3.8) is 0 Å². The van der Waals surface area contributed by atoms with E-state index in [9.17, 15) is 28.8 Å². The number of ether oxygens (including phenoxy) is 7. The van der Waals surface area contributed by atoms with Crippen LogP contribution in [0.15, 0.2) is 82.0 Å². The van der Waals surface area contributed by atoms with Crippen LogP contribution in [0.25, 0.3) is 33.4 Å². The third-order valence-corrected chi connectivity index (χ3v) is 10.5. The molecule has 1 fully saturated rings. The first-order valence-electron chi connectivity index (χ1n) is 20.5. The van der Waals surface area contributed by atoms with Gasteiger partial charge in [0.25, 0.3) is 5.91 Å². The number of likely N-dealkylation sites (N-methyl/N-ethyl adjacent to an activating group) is 1. The predicted molar refractivity (Wildman–Crippen MR) is 234 cm³/mol. The van der Waals surface area contributed by atoms with E-state index in [4.69, 9.17) is 49.2 Å². The summed E-state index contributed by atoms with van der Waals surface area (Å²) in [6, 6.07) is 17.2. The minimum Gasteiger partial charge on any atom is -0.493 e. The van der Waals surface area contributed by atoms with Gasteiger partial charge in [0.1, 0.15) is 53.7 Å². The molecular formula is C47H46ClFN2O14. The highest BCUT2D eigenvalue weighted by Crippen LogP contribution is 2.38. The molecule has 0 saturated carbocycles. The van der Waals surface area contributed by atoms with Crippen LogP contribution in [0, 0.1) is 5.82 Å². The number of nitrogens with one attached hydrogen (secondary N) is 1. The van der Waals surface area contributed by atoms with Gasteiger partial charge in [0.2, 0.25) is 11.8 Å². The summed E-state index contributed by atoms with van der Waals surface area (Å²) in [5, 5.41) is 2.65. The Hall–Kier alpha value is -6.66. The molecule has 1 atom stereocenters. The Morgan fingerprint density at radius 1 is 0.815 bits per heavy atom. The zero-order valence-corrected chi connectivity index (χ0v) is 36.5. The average molecular weight is 917 g/mol. The van der Waals surface area contributed by atoms with Gasteiger partial charge in [0.05, 0.1) is 80.5 Å². The lowest BCUT2D eigenvalue weighted by molar-refractivity contribution is -0.136. The highest BCUT2D eigenvalue weighted by Gasteiger charge is 2.33. The van der Waals surface area contributed by atoms with E-state index in [1.807, 2.05) is 0 Å². The number of benzene rings is 4. The number of hydrogen-bond donors (Lipinski definition) is 1. The van der Waals surface area contributed by atoms with Gasteiger partial charge in [-0.1, -0.05) is 29.8 Å². The highest BCUT2D eigenvalue weighted by molar-refractivity contribution is 6.33. The summed E-state index contributed by atoms with van der Waals surface area (Å²) in [6.07, 6.45) is 0.816. The van der Waals surface area contributed by atoms with Crippen LogP contribution >= 0.6 is 11.6 Å². The van der Waals surface area contributed by atoms with Crippen LogP contribution in [0.1, 0.15) is 50.8 Å². The number of fused-ring (bicyclic) bond motifs is 1. The first-order chi connectivity index (χ1) is 31.4. The van der Waals surface area contributed by atoms with Crippen molar-refractivity contribution in [1.29, 1.82) is 0 Å². The predicted octanol–water partition coefficient (Wildman–Crippen LogP) is 6.30. The van der Waals surface area contributed by atoms with Crippen molar-refractivity contribution in [2.45, 2.75) is 25.8 Å². The Morgan fingerprint density at radius 3 is 2.15 bits per heavy atom. The van der Waals surface area contributed by atoms with Gasteiger partial charge in [-0.15, -0.1) is 0 Å². The second-order valence-corrected chi connectivity index (χ2v) is 14.7. The second kappa shape index (κ2) is 22.8. The van der Waals surface area contributed by atoms with E-state index < -0.39 is 41.0 Å². The fourth-order valence-electron chi connectivity index (χ4n) is 6.93. The summed E-state index contributed by atoms with van der Waals surface area (Å²) in [7, 11) is 2.60. The number of aldehydes is 1. The topological polar surface area (TPSA) is 195 Å². The minimum atomic E-state index is -0.839. The number of hydrogen-bond acceptors (Lipinski definition) is 14. The Balaban J connectivity index is 0.904. The molecule has 2 heterocycles. The van der Waals surface area contributed by atoms with E-state index in [0.29, 0.717) is 37.4 Å². The zero-order chi connectivity index (χ0) is 46.5. The van der Waals surface area contributed by atoms with Crippen molar-refractivity contribution in [2.75, 3.05) is 73.6 Å². The molecule has 65 heavy (non-hydrogen) atoms. The van der Waals surface area contributed by atoms with E-state index in [-0.39, 0.29) is 114 Å². The van der Waals surface area contributed by atoms with E-state index in [0.717, 1.165) is 7.11 Å². The number of halogens is 2. The molecule has 0 spiro atoms. The molecule has 0 bridgehead atoms. The smallest absolute Gasteiger partial charge is 0.340 e. The summed E-state index contributed by atoms with van der Waals surface area (Å²) >= 11 is 6.62. The molecule has 5 aromatic rings. The third kappa shape index (κ3) is 11.7. The average Bonchev–Trinajstić information content (AvgIpc) is 3.29.